The highest BCUT2D eigenvalue weighted by Gasteiger charge is 2.24. The molecule has 9 heteroatoms. The first-order valence-electron chi connectivity index (χ1n) is 8.24. The van der Waals surface area contributed by atoms with Crippen LogP contribution in [0.2, 0.25) is 0 Å². The van der Waals surface area contributed by atoms with Crippen molar-refractivity contribution in [1.82, 2.24) is 4.90 Å². The van der Waals surface area contributed by atoms with Gasteiger partial charge in [-0.1, -0.05) is 0 Å². The lowest BCUT2D eigenvalue weighted by molar-refractivity contribution is 0.0300. The summed E-state index contributed by atoms with van der Waals surface area (Å²) in [7, 11) is -3.80. The highest BCUT2D eigenvalue weighted by atomic mass is 127. The fraction of sp³-hybridized carbons (Fsp3) is 0.278. The number of thioether (sulfide) groups is 1. The van der Waals surface area contributed by atoms with Gasteiger partial charge in [0.1, 0.15) is 0 Å². The minimum absolute atomic E-state index is 0.0652. The first-order chi connectivity index (χ1) is 12.9. The third kappa shape index (κ3) is 4.95. The van der Waals surface area contributed by atoms with Crippen molar-refractivity contribution >= 4 is 56.0 Å². The van der Waals surface area contributed by atoms with Crippen LogP contribution in [-0.4, -0.2) is 51.8 Å². The largest absolute Gasteiger partial charge is 0.378 e. The maximum atomic E-state index is 12.9. The van der Waals surface area contributed by atoms with Gasteiger partial charge in [0.15, 0.2) is 0 Å². The maximum absolute atomic E-state index is 12.9. The number of ether oxygens (including phenoxy) is 1. The van der Waals surface area contributed by atoms with E-state index in [9.17, 15) is 13.2 Å². The number of anilines is 1. The van der Waals surface area contributed by atoms with Crippen molar-refractivity contribution < 1.29 is 17.9 Å². The van der Waals surface area contributed by atoms with Gasteiger partial charge in [-0.05, 0) is 71.3 Å². The first-order valence-corrected chi connectivity index (χ1v) is 12.0. The molecule has 0 aliphatic carbocycles. The van der Waals surface area contributed by atoms with Gasteiger partial charge in [0.25, 0.3) is 15.9 Å². The van der Waals surface area contributed by atoms with Crippen LogP contribution in [0.5, 0.6) is 0 Å². The number of hydrogen-bond donors (Lipinski definition) is 1. The monoisotopic (exact) mass is 518 g/mol. The average Bonchev–Trinajstić information content (AvgIpc) is 2.69. The summed E-state index contributed by atoms with van der Waals surface area (Å²) in [5, 5.41) is 0. The van der Waals surface area contributed by atoms with Crippen molar-refractivity contribution in [3.05, 3.63) is 51.6 Å². The summed E-state index contributed by atoms with van der Waals surface area (Å²) in [5.74, 6) is -0.172. The Hall–Kier alpha value is -1.30. The molecule has 1 saturated heterocycles. The molecule has 0 unspecified atom stereocenters. The van der Waals surface area contributed by atoms with E-state index >= 15 is 0 Å². The molecule has 0 aromatic heterocycles. The Morgan fingerprint density at radius 2 is 1.81 bits per heavy atom. The molecule has 144 valence electrons. The molecule has 1 N–H and O–H groups in total. The lowest BCUT2D eigenvalue weighted by Gasteiger charge is -2.27. The van der Waals surface area contributed by atoms with Crippen LogP contribution < -0.4 is 4.72 Å². The zero-order valence-corrected chi connectivity index (χ0v) is 18.4. The van der Waals surface area contributed by atoms with Gasteiger partial charge in [-0.15, -0.1) is 11.8 Å². The van der Waals surface area contributed by atoms with E-state index in [-0.39, 0.29) is 10.8 Å². The molecule has 0 saturated carbocycles. The number of nitrogens with zero attached hydrogens (tertiary/aromatic N) is 1. The van der Waals surface area contributed by atoms with Crippen LogP contribution in [0.3, 0.4) is 0 Å². The zero-order valence-electron chi connectivity index (χ0n) is 14.6. The molecule has 0 atom stereocenters. The van der Waals surface area contributed by atoms with Crippen molar-refractivity contribution in [2.45, 2.75) is 9.79 Å². The second kappa shape index (κ2) is 8.80. The molecule has 0 radical (unpaired) electrons. The smallest absolute Gasteiger partial charge is 0.261 e. The Bertz CT molecular complexity index is 927. The summed E-state index contributed by atoms with van der Waals surface area (Å²) >= 11 is 3.57. The lowest BCUT2D eigenvalue weighted by atomic mass is 10.2. The Kier molecular flexibility index (Phi) is 6.66. The molecule has 1 aliphatic rings. The average molecular weight is 518 g/mol. The van der Waals surface area contributed by atoms with Crippen molar-refractivity contribution in [2.75, 3.05) is 37.3 Å². The number of halogens is 1. The third-order valence-corrected chi connectivity index (χ3v) is 7.00. The van der Waals surface area contributed by atoms with E-state index in [0.29, 0.717) is 37.6 Å². The Morgan fingerprint density at radius 3 is 2.44 bits per heavy atom. The number of morpholine rings is 1. The highest BCUT2D eigenvalue weighted by molar-refractivity contribution is 14.1. The summed E-state index contributed by atoms with van der Waals surface area (Å²) in [6, 6.07) is 11.7. The summed E-state index contributed by atoms with van der Waals surface area (Å²) in [6.07, 6.45) is 1.86. The van der Waals surface area contributed by atoms with E-state index in [0.717, 1.165) is 8.47 Å². The van der Waals surface area contributed by atoms with Crippen molar-refractivity contribution in [3.8, 4) is 0 Å². The van der Waals surface area contributed by atoms with Gasteiger partial charge in [0.2, 0.25) is 0 Å². The zero-order chi connectivity index (χ0) is 19.4. The predicted octanol–water partition coefficient (Wildman–Crippen LogP) is 3.29. The number of amides is 1. The second-order valence-electron chi connectivity index (χ2n) is 5.88. The highest BCUT2D eigenvalue weighted by Crippen LogP contribution is 2.26. The number of carbonyl (C=O) groups excluding carboxylic acids is 1. The summed E-state index contributed by atoms with van der Waals surface area (Å²) in [6.45, 7) is 1.99. The fourth-order valence-corrected chi connectivity index (χ4v) is 4.70. The van der Waals surface area contributed by atoms with Crippen LogP contribution in [0.1, 0.15) is 10.4 Å². The molecule has 1 amide bonds. The van der Waals surface area contributed by atoms with E-state index in [4.69, 9.17) is 4.74 Å². The molecule has 1 heterocycles. The van der Waals surface area contributed by atoms with Crippen LogP contribution >= 0.6 is 34.4 Å². The van der Waals surface area contributed by atoms with Crippen LogP contribution in [0.15, 0.2) is 52.3 Å². The van der Waals surface area contributed by atoms with Crippen LogP contribution in [0.4, 0.5) is 5.69 Å². The predicted molar refractivity (Wildman–Crippen MR) is 115 cm³/mol. The number of carbonyl (C=O) groups is 1. The molecule has 6 nitrogen and oxygen atoms in total. The van der Waals surface area contributed by atoms with Gasteiger partial charge in [0, 0.05) is 27.2 Å². The van der Waals surface area contributed by atoms with Gasteiger partial charge in [0.05, 0.1) is 23.7 Å². The number of nitrogens with one attached hydrogen (secondary N) is 1. The first kappa shape index (κ1) is 20.4. The normalized spacial score (nSPS) is 14.8. The molecule has 27 heavy (non-hydrogen) atoms. The van der Waals surface area contributed by atoms with Gasteiger partial charge < -0.3 is 9.64 Å². The van der Waals surface area contributed by atoms with E-state index in [1.807, 2.05) is 18.4 Å². The van der Waals surface area contributed by atoms with E-state index < -0.39 is 10.0 Å². The Labute approximate surface area is 176 Å². The molecule has 0 spiro atoms. The minimum Gasteiger partial charge on any atom is -0.378 e. The van der Waals surface area contributed by atoms with Crippen LogP contribution in [-0.2, 0) is 14.8 Å². The van der Waals surface area contributed by atoms with Crippen molar-refractivity contribution in [2.24, 2.45) is 0 Å². The van der Waals surface area contributed by atoms with Gasteiger partial charge >= 0.3 is 0 Å². The van der Waals surface area contributed by atoms with E-state index in [1.54, 1.807) is 23.1 Å². The number of rotatable bonds is 5. The maximum Gasteiger partial charge on any atom is 0.261 e. The molecular formula is C18H19IN2O4S2. The number of benzene rings is 2. The molecule has 3 rings (SSSR count). The van der Waals surface area contributed by atoms with Crippen molar-refractivity contribution in [3.63, 3.8) is 0 Å². The fourth-order valence-electron chi connectivity index (χ4n) is 2.69. The van der Waals surface area contributed by atoms with Crippen molar-refractivity contribution in [1.29, 1.82) is 0 Å². The molecule has 1 aliphatic heterocycles. The molecule has 0 bridgehead atoms. The van der Waals surface area contributed by atoms with E-state index in [2.05, 4.69) is 27.3 Å². The van der Waals surface area contributed by atoms with Crippen LogP contribution in [0, 0.1) is 3.57 Å². The minimum atomic E-state index is -3.80. The molecule has 2 aromatic rings. The second-order valence-corrected chi connectivity index (χ2v) is 9.66. The molecule has 1 fully saturated rings. The molecule has 2 aromatic carbocycles. The van der Waals surface area contributed by atoms with E-state index in [1.165, 1.54) is 23.9 Å². The lowest BCUT2D eigenvalue weighted by Crippen LogP contribution is -2.40. The third-order valence-electron chi connectivity index (χ3n) is 4.11. The Balaban J connectivity index is 1.91. The van der Waals surface area contributed by atoms with Gasteiger partial charge in [-0.2, -0.15) is 0 Å². The van der Waals surface area contributed by atoms with Crippen LogP contribution in [0.25, 0.3) is 0 Å². The van der Waals surface area contributed by atoms with Gasteiger partial charge in [-0.3, -0.25) is 9.52 Å². The summed E-state index contributed by atoms with van der Waals surface area (Å²) in [4.78, 5) is 15.4. The standard InChI is InChI=1S/C18H19IN2O4S2/c1-26-17-7-6-15(12-16(17)18(22)21-8-10-25-11-9-21)27(23,24)20-14-4-2-13(19)3-5-14/h2-7,12,20H,8-11H2,1H3. The topological polar surface area (TPSA) is 75.7 Å². The number of hydrogen-bond acceptors (Lipinski definition) is 5. The summed E-state index contributed by atoms with van der Waals surface area (Å²) in [5.41, 5.74) is 0.875. The Morgan fingerprint density at radius 1 is 1.15 bits per heavy atom. The quantitative estimate of drug-likeness (QED) is 0.486. The SMILES string of the molecule is CSc1ccc(S(=O)(=O)Nc2ccc(I)cc2)cc1C(=O)N1CCOCC1. The number of sulfonamides is 1. The summed E-state index contributed by atoms with van der Waals surface area (Å²) < 4.78 is 34.4. The van der Waals surface area contributed by atoms with Gasteiger partial charge in [-0.25, -0.2) is 8.42 Å². The molecular weight excluding hydrogens is 499 g/mol.